The number of nitrogens with zero attached hydrogens (tertiary/aromatic N) is 2. The van der Waals surface area contributed by atoms with Gasteiger partial charge in [0.15, 0.2) is 11.7 Å². The summed E-state index contributed by atoms with van der Waals surface area (Å²) in [6.07, 6.45) is 3.69. The molecule has 32 heavy (non-hydrogen) atoms. The molecule has 5 rings (SSSR count). The van der Waals surface area contributed by atoms with Crippen LogP contribution in [0.5, 0.6) is 0 Å². The number of rotatable bonds is 7. The molecule has 2 aromatic carbocycles. The van der Waals surface area contributed by atoms with Crippen molar-refractivity contribution >= 4 is 23.4 Å². The Labute approximate surface area is 191 Å². The first kappa shape index (κ1) is 20.8. The molecule has 164 valence electrons. The zero-order valence-corrected chi connectivity index (χ0v) is 18.3. The first-order valence-electron chi connectivity index (χ1n) is 10.9. The Morgan fingerprint density at radius 1 is 1.16 bits per heavy atom. The van der Waals surface area contributed by atoms with E-state index in [0.717, 1.165) is 12.0 Å². The molecule has 3 atom stereocenters. The summed E-state index contributed by atoms with van der Waals surface area (Å²) < 4.78 is 5.76. The van der Waals surface area contributed by atoms with Gasteiger partial charge >= 0.3 is 0 Å². The lowest BCUT2D eigenvalue weighted by Gasteiger charge is -2.17. The van der Waals surface area contributed by atoms with Crippen LogP contribution in [-0.4, -0.2) is 40.3 Å². The van der Waals surface area contributed by atoms with Crippen LogP contribution in [0.15, 0.2) is 65.2 Å². The molecule has 0 radical (unpaired) electrons. The smallest absolute Gasteiger partial charge is 0.225 e. The van der Waals surface area contributed by atoms with Crippen molar-refractivity contribution in [3.05, 3.63) is 77.3 Å². The van der Waals surface area contributed by atoms with E-state index in [9.17, 15) is 9.59 Å². The van der Waals surface area contributed by atoms with Crippen molar-refractivity contribution in [2.45, 2.75) is 43.7 Å². The lowest BCUT2D eigenvalue weighted by Crippen LogP contribution is -2.37. The molecule has 2 fully saturated rings. The molecule has 0 unspecified atom stereocenters. The summed E-state index contributed by atoms with van der Waals surface area (Å²) >= 11 is 5.92. The van der Waals surface area contributed by atoms with Gasteiger partial charge in [0, 0.05) is 48.4 Å². The van der Waals surface area contributed by atoms with E-state index in [-0.39, 0.29) is 30.3 Å². The lowest BCUT2D eigenvalue weighted by atomic mass is 10.1. The van der Waals surface area contributed by atoms with E-state index in [1.54, 1.807) is 18.3 Å². The van der Waals surface area contributed by atoms with E-state index in [1.807, 2.05) is 35.2 Å². The van der Waals surface area contributed by atoms with Crippen molar-refractivity contribution in [1.29, 1.82) is 0 Å². The molecule has 7 heteroatoms. The van der Waals surface area contributed by atoms with Gasteiger partial charge in [-0.3, -0.25) is 9.59 Å². The van der Waals surface area contributed by atoms with Crippen LogP contribution in [0.1, 0.15) is 36.6 Å². The third kappa shape index (κ3) is 4.55. The highest BCUT2D eigenvalue weighted by Crippen LogP contribution is 2.45. The van der Waals surface area contributed by atoms with Crippen LogP contribution >= 0.6 is 11.6 Å². The maximum atomic E-state index is 12.5. The maximum Gasteiger partial charge on any atom is 0.225 e. The average Bonchev–Trinajstić information content (AvgIpc) is 3.30. The molecular weight excluding hydrogens is 426 g/mol. The predicted molar refractivity (Wildman–Crippen MR) is 121 cm³/mol. The van der Waals surface area contributed by atoms with E-state index in [0.29, 0.717) is 42.0 Å². The van der Waals surface area contributed by atoms with Crippen molar-refractivity contribution in [1.82, 2.24) is 15.2 Å². The largest absolute Gasteiger partial charge is 0.441 e. The van der Waals surface area contributed by atoms with Gasteiger partial charge < -0.3 is 14.6 Å². The van der Waals surface area contributed by atoms with Gasteiger partial charge in [0.2, 0.25) is 11.8 Å². The minimum atomic E-state index is -0.138. The molecule has 1 saturated heterocycles. The van der Waals surface area contributed by atoms with Crippen LogP contribution in [-0.2, 0) is 16.0 Å². The SMILES string of the molecule is O=C(CCc1ncc(-c2ccc(Cl)cc2)o1)N[C@@H]1CC(=O)N([C@@H]2C[C@H]2c2ccccc2)C1. The summed E-state index contributed by atoms with van der Waals surface area (Å²) in [5.41, 5.74) is 2.16. The lowest BCUT2D eigenvalue weighted by molar-refractivity contribution is -0.128. The summed E-state index contributed by atoms with van der Waals surface area (Å²) in [6, 6.07) is 17.7. The third-order valence-corrected chi connectivity index (χ3v) is 6.41. The van der Waals surface area contributed by atoms with Crippen molar-refractivity contribution in [2.24, 2.45) is 0 Å². The summed E-state index contributed by atoms with van der Waals surface area (Å²) in [7, 11) is 0. The van der Waals surface area contributed by atoms with Crippen LogP contribution in [0.2, 0.25) is 5.02 Å². The topological polar surface area (TPSA) is 75.4 Å². The summed E-state index contributed by atoms with van der Waals surface area (Å²) in [5.74, 6) is 1.60. The number of aryl methyl sites for hydroxylation is 1. The standard InChI is InChI=1S/C25H24ClN3O3/c26-18-8-6-17(7-9-18)22-14-27-24(32-22)11-10-23(30)28-19-12-25(31)29(15-19)21-13-20(21)16-4-2-1-3-5-16/h1-9,14,19-21H,10-13,15H2,(H,28,30)/t19-,20+,21-/m1/s1. The molecule has 2 aliphatic rings. The molecule has 0 spiro atoms. The molecule has 1 N–H and O–H groups in total. The fourth-order valence-corrected chi connectivity index (χ4v) is 4.55. The fourth-order valence-electron chi connectivity index (χ4n) is 4.43. The highest BCUT2D eigenvalue weighted by Gasteiger charge is 2.47. The van der Waals surface area contributed by atoms with Gasteiger partial charge in [0.05, 0.1) is 12.2 Å². The van der Waals surface area contributed by atoms with Crippen molar-refractivity contribution in [2.75, 3.05) is 6.54 Å². The molecule has 0 bridgehead atoms. The maximum absolute atomic E-state index is 12.5. The van der Waals surface area contributed by atoms with Crippen molar-refractivity contribution in [3.63, 3.8) is 0 Å². The molecule has 6 nitrogen and oxygen atoms in total. The molecular formula is C25H24ClN3O3. The summed E-state index contributed by atoms with van der Waals surface area (Å²) in [4.78, 5) is 31.2. The Kier molecular flexibility index (Phi) is 5.70. The molecule has 1 aliphatic carbocycles. The monoisotopic (exact) mass is 449 g/mol. The molecule has 1 aliphatic heterocycles. The first-order chi connectivity index (χ1) is 15.6. The third-order valence-electron chi connectivity index (χ3n) is 6.16. The Hall–Kier alpha value is -3.12. The van der Waals surface area contributed by atoms with Gasteiger partial charge in [0.1, 0.15) is 0 Å². The molecule has 2 heterocycles. The van der Waals surface area contributed by atoms with Gasteiger partial charge in [-0.15, -0.1) is 0 Å². The number of hydrogen-bond acceptors (Lipinski definition) is 4. The van der Waals surface area contributed by atoms with Gasteiger partial charge in [0.25, 0.3) is 0 Å². The minimum Gasteiger partial charge on any atom is -0.441 e. The normalized spacial score (nSPS) is 22.2. The van der Waals surface area contributed by atoms with Crippen LogP contribution in [0.25, 0.3) is 11.3 Å². The average molecular weight is 450 g/mol. The molecule has 1 aromatic heterocycles. The predicted octanol–water partition coefficient (Wildman–Crippen LogP) is 4.20. The van der Waals surface area contributed by atoms with Gasteiger partial charge in [-0.2, -0.15) is 0 Å². The Morgan fingerprint density at radius 2 is 1.94 bits per heavy atom. The Bertz CT molecular complexity index is 1110. The highest BCUT2D eigenvalue weighted by molar-refractivity contribution is 6.30. The van der Waals surface area contributed by atoms with Crippen LogP contribution < -0.4 is 5.32 Å². The van der Waals surface area contributed by atoms with Crippen LogP contribution in [0.4, 0.5) is 0 Å². The number of carbonyl (C=O) groups excluding carboxylic acids is 2. The number of amides is 2. The van der Waals surface area contributed by atoms with E-state index in [1.165, 1.54) is 5.56 Å². The van der Waals surface area contributed by atoms with Crippen molar-refractivity contribution < 1.29 is 14.0 Å². The number of hydrogen-bond donors (Lipinski definition) is 1. The number of oxazole rings is 1. The van der Waals surface area contributed by atoms with Crippen molar-refractivity contribution in [3.8, 4) is 11.3 Å². The van der Waals surface area contributed by atoms with E-state index < -0.39 is 0 Å². The number of carbonyl (C=O) groups is 2. The number of aromatic nitrogens is 1. The van der Waals surface area contributed by atoms with E-state index in [2.05, 4.69) is 22.4 Å². The zero-order chi connectivity index (χ0) is 22.1. The summed E-state index contributed by atoms with van der Waals surface area (Å²) in [5, 5.41) is 3.66. The summed E-state index contributed by atoms with van der Waals surface area (Å²) in [6.45, 7) is 0.582. The number of benzene rings is 2. The fraction of sp³-hybridized carbons (Fsp3) is 0.320. The van der Waals surface area contributed by atoms with Crippen LogP contribution in [0, 0.1) is 0 Å². The van der Waals surface area contributed by atoms with Crippen LogP contribution in [0.3, 0.4) is 0 Å². The number of likely N-dealkylation sites (tertiary alicyclic amines) is 1. The molecule has 3 aromatic rings. The van der Waals surface area contributed by atoms with Gasteiger partial charge in [-0.1, -0.05) is 41.9 Å². The van der Waals surface area contributed by atoms with Gasteiger partial charge in [-0.05, 0) is 36.2 Å². The molecule has 2 amide bonds. The van der Waals surface area contributed by atoms with E-state index in [4.69, 9.17) is 16.0 Å². The number of nitrogens with one attached hydrogen (secondary N) is 1. The number of halogens is 1. The zero-order valence-electron chi connectivity index (χ0n) is 17.5. The minimum absolute atomic E-state index is 0.0914. The van der Waals surface area contributed by atoms with Gasteiger partial charge in [-0.25, -0.2) is 4.98 Å². The second kappa shape index (κ2) is 8.79. The second-order valence-electron chi connectivity index (χ2n) is 8.46. The quantitative estimate of drug-likeness (QED) is 0.586. The first-order valence-corrected chi connectivity index (χ1v) is 11.3. The second-order valence-corrected chi connectivity index (χ2v) is 8.90. The van der Waals surface area contributed by atoms with E-state index >= 15 is 0 Å². The molecule has 1 saturated carbocycles. The Morgan fingerprint density at radius 3 is 2.72 bits per heavy atom. The Balaban J connectivity index is 1.10. The highest BCUT2D eigenvalue weighted by atomic mass is 35.5.